The molecular formula is C32H36N2O3S. The minimum atomic E-state index is -3.51. The van der Waals surface area contributed by atoms with E-state index in [1.807, 2.05) is 42.5 Å². The minimum Gasteiger partial charge on any atom is -0.508 e. The Morgan fingerprint density at radius 1 is 0.789 bits per heavy atom. The number of hydrogen-bond acceptors (Lipinski definition) is 4. The first-order chi connectivity index (χ1) is 18.5. The van der Waals surface area contributed by atoms with Crippen LogP contribution < -0.4 is 10.0 Å². The number of hydrogen-bond donors (Lipinski definition) is 3. The van der Waals surface area contributed by atoms with Crippen LogP contribution in [0.2, 0.25) is 0 Å². The molecule has 4 aromatic rings. The number of rotatable bonds is 11. The van der Waals surface area contributed by atoms with Gasteiger partial charge in [0.15, 0.2) is 0 Å². The van der Waals surface area contributed by atoms with E-state index in [1.165, 1.54) is 16.7 Å². The standard InChI is InChI=1S/C32H36N2O3S/c35-28-15-17-30-27(22-28)14-18-32(31(30)21-24-9-3-1-4-10-24)33-19-7-2-8-20-34-38(36,37)29-16-13-25-11-5-6-12-26(25)23-29/h1,3-6,9-13,15-17,22-23,31-35H,2,7-8,14,18-21H2. The van der Waals surface area contributed by atoms with Crippen LogP contribution in [0.25, 0.3) is 10.8 Å². The summed E-state index contributed by atoms with van der Waals surface area (Å²) in [5.74, 6) is 0.695. The van der Waals surface area contributed by atoms with E-state index in [4.69, 9.17) is 0 Å². The van der Waals surface area contributed by atoms with Gasteiger partial charge in [-0.25, -0.2) is 13.1 Å². The summed E-state index contributed by atoms with van der Waals surface area (Å²) < 4.78 is 28.2. The molecule has 0 spiro atoms. The van der Waals surface area contributed by atoms with E-state index in [1.54, 1.807) is 18.2 Å². The molecule has 0 aromatic heterocycles. The first kappa shape index (κ1) is 26.4. The fraction of sp³-hybridized carbons (Fsp3) is 0.312. The van der Waals surface area contributed by atoms with E-state index in [0.717, 1.165) is 55.8 Å². The third-order valence-corrected chi connectivity index (χ3v) is 9.08. The Morgan fingerprint density at radius 2 is 1.55 bits per heavy atom. The average molecular weight is 529 g/mol. The first-order valence-electron chi connectivity index (χ1n) is 13.6. The highest BCUT2D eigenvalue weighted by Crippen LogP contribution is 2.36. The normalized spacial score (nSPS) is 17.4. The van der Waals surface area contributed by atoms with Gasteiger partial charge in [-0.3, -0.25) is 0 Å². The second kappa shape index (κ2) is 12.1. The molecule has 5 nitrogen and oxygen atoms in total. The van der Waals surface area contributed by atoms with Crippen LogP contribution in [0.4, 0.5) is 0 Å². The summed E-state index contributed by atoms with van der Waals surface area (Å²) in [6, 6.07) is 29.8. The molecule has 6 heteroatoms. The van der Waals surface area contributed by atoms with Gasteiger partial charge in [-0.15, -0.1) is 0 Å². The Balaban J connectivity index is 1.10. The maximum atomic E-state index is 12.7. The van der Waals surface area contributed by atoms with Crippen molar-refractivity contribution in [3.05, 3.63) is 108 Å². The van der Waals surface area contributed by atoms with Crippen molar-refractivity contribution in [3.63, 3.8) is 0 Å². The highest BCUT2D eigenvalue weighted by atomic mass is 32.2. The van der Waals surface area contributed by atoms with Crippen LogP contribution in [0.15, 0.2) is 95.9 Å². The molecular weight excluding hydrogens is 492 g/mol. The fourth-order valence-corrected chi connectivity index (χ4v) is 6.71. The predicted molar refractivity (Wildman–Crippen MR) is 154 cm³/mol. The Hall–Kier alpha value is -3.19. The summed E-state index contributed by atoms with van der Waals surface area (Å²) in [4.78, 5) is 0.313. The number of phenolic OH excluding ortho intramolecular Hbond substituents is 1. The maximum absolute atomic E-state index is 12.7. The molecule has 0 bridgehead atoms. The molecule has 0 aliphatic heterocycles. The van der Waals surface area contributed by atoms with Gasteiger partial charge < -0.3 is 10.4 Å². The Labute approximate surface area is 226 Å². The number of sulfonamides is 1. The van der Waals surface area contributed by atoms with Crippen molar-refractivity contribution >= 4 is 20.8 Å². The fourth-order valence-electron chi connectivity index (χ4n) is 5.60. The van der Waals surface area contributed by atoms with Gasteiger partial charge in [-0.05, 0) is 90.4 Å². The molecule has 0 fully saturated rings. The number of phenols is 1. The molecule has 0 saturated heterocycles. The molecule has 3 N–H and O–H groups in total. The zero-order valence-corrected chi connectivity index (χ0v) is 22.5. The van der Waals surface area contributed by atoms with E-state index in [0.29, 0.717) is 29.1 Å². The Bertz CT molecular complexity index is 1470. The zero-order valence-electron chi connectivity index (χ0n) is 21.6. The van der Waals surface area contributed by atoms with Crippen molar-refractivity contribution in [1.82, 2.24) is 10.0 Å². The predicted octanol–water partition coefficient (Wildman–Crippen LogP) is 5.92. The van der Waals surface area contributed by atoms with Crippen LogP contribution in [0.3, 0.4) is 0 Å². The lowest BCUT2D eigenvalue weighted by atomic mass is 9.76. The molecule has 5 rings (SSSR count). The van der Waals surface area contributed by atoms with Gasteiger partial charge in [0.25, 0.3) is 0 Å². The molecule has 2 atom stereocenters. The molecule has 1 aliphatic rings. The lowest BCUT2D eigenvalue weighted by molar-refractivity contribution is 0.378. The first-order valence-corrected chi connectivity index (χ1v) is 15.1. The van der Waals surface area contributed by atoms with Crippen molar-refractivity contribution in [3.8, 4) is 5.75 Å². The zero-order chi connectivity index (χ0) is 26.4. The van der Waals surface area contributed by atoms with Crippen LogP contribution in [-0.4, -0.2) is 32.7 Å². The van der Waals surface area contributed by atoms with Crippen molar-refractivity contribution in [2.45, 2.75) is 55.4 Å². The van der Waals surface area contributed by atoms with Gasteiger partial charge in [0.05, 0.1) is 4.90 Å². The van der Waals surface area contributed by atoms with Crippen molar-refractivity contribution in [2.75, 3.05) is 13.1 Å². The van der Waals surface area contributed by atoms with Crippen molar-refractivity contribution < 1.29 is 13.5 Å². The van der Waals surface area contributed by atoms with Crippen LogP contribution >= 0.6 is 0 Å². The summed E-state index contributed by atoms with van der Waals surface area (Å²) in [7, 11) is -3.51. The number of aryl methyl sites for hydroxylation is 1. The van der Waals surface area contributed by atoms with Crippen molar-refractivity contribution in [2.24, 2.45) is 0 Å². The second-order valence-electron chi connectivity index (χ2n) is 10.2. The number of unbranched alkanes of at least 4 members (excludes halogenated alkanes) is 2. The highest BCUT2D eigenvalue weighted by Gasteiger charge is 2.29. The summed E-state index contributed by atoms with van der Waals surface area (Å²) in [5.41, 5.74) is 3.91. The minimum absolute atomic E-state index is 0.313. The van der Waals surface area contributed by atoms with E-state index in [2.05, 4.69) is 40.4 Å². The lowest BCUT2D eigenvalue weighted by Crippen LogP contribution is -2.39. The third-order valence-electron chi connectivity index (χ3n) is 7.62. The molecule has 198 valence electrons. The number of fused-ring (bicyclic) bond motifs is 2. The van der Waals surface area contributed by atoms with Gasteiger partial charge in [-0.2, -0.15) is 0 Å². The lowest BCUT2D eigenvalue weighted by Gasteiger charge is -2.35. The quantitative estimate of drug-likeness (QED) is 0.211. The Kier molecular flexibility index (Phi) is 8.42. The van der Waals surface area contributed by atoms with Gasteiger partial charge in [0.1, 0.15) is 5.75 Å². The van der Waals surface area contributed by atoms with Gasteiger partial charge in [0, 0.05) is 18.5 Å². The van der Waals surface area contributed by atoms with Crippen LogP contribution in [0.5, 0.6) is 5.75 Å². The number of aromatic hydroxyl groups is 1. The summed E-state index contributed by atoms with van der Waals surface area (Å²) in [6.45, 7) is 1.34. The average Bonchev–Trinajstić information content (AvgIpc) is 2.93. The molecule has 0 radical (unpaired) electrons. The van der Waals surface area contributed by atoms with Crippen molar-refractivity contribution in [1.29, 1.82) is 0 Å². The molecule has 0 amide bonds. The summed E-state index contributed by atoms with van der Waals surface area (Å²) in [6.07, 6.45) is 5.72. The molecule has 4 aromatic carbocycles. The van der Waals surface area contributed by atoms with E-state index >= 15 is 0 Å². The van der Waals surface area contributed by atoms with E-state index < -0.39 is 10.0 Å². The number of benzene rings is 4. The van der Waals surface area contributed by atoms with Crippen LogP contribution in [0.1, 0.15) is 48.3 Å². The SMILES string of the molecule is O=S(=O)(NCCCCCNC1CCc2cc(O)ccc2C1Cc1ccccc1)c1ccc2ccccc2c1. The van der Waals surface area contributed by atoms with Gasteiger partial charge in [-0.1, -0.05) is 73.2 Å². The summed E-state index contributed by atoms with van der Waals surface area (Å²) in [5, 5.41) is 15.7. The molecule has 1 aliphatic carbocycles. The molecule has 38 heavy (non-hydrogen) atoms. The summed E-state index contributed by atoms with van der Waals surface area (Å²) >= 11 is 0. The second-order valence-corrected chi connectivity index (χ2v) is 12.0. The maximum Gasteiger partial charge on any atom is 0.240 e. The molecule has 2 unspecified atom stereocenters. The largest absolute Gasteiger partial charge is 0.508 e. The van der Waals surface area contributed by atoms with E-state index in [9.17, 15) is 13.5 Å². The van der Waals surface area contributed by atoms with Crippen LogP contribution in [0, 0.1) is 0 Å². The van der Waals surface area contributed by atoms with Crippen LogP contribution in [-0.2, 0) is 22.9 Å². The topological polar surface area (TPSA) is 78.4 Å². The monoisotopic (exact) mass is 528 g/mol. The number of nitrogens with one attached hydrogen (secondary N) is 2. The van der Waals surface area contributed by atoms with E-state index in [-0.39, 0.29) is 0 Å². The van der Waals surface area contributed by atoms with Gasteiger partial charge in [0.2, 0.25) is 10.0 Å². The van der Waals surface area contributed by atoms with Gasteiger partial charge >= 0.3 is 0 Å². The third kappa shape index (κ3) is 6.44. The Morgan fingerprint density at radius 3 is 2.39 bits per heavy atom. The molecule has 0 saturated carbocycles. The smallest absolute Gasteiger partial charge is 0.240 e. The molecule has 0 heterocycles. The highest BCUT2D eigenvalue weighted by molar-refractivity contribution is 7.89.